The highest BCUT2D eigenvalue weighted by Gasteiger charge is 2.22. The van der Waals surface area contributed by atoms with Gasteiger partial charge in [0.2, 0.25) is 0 Å². The first-order valence-electron chi connectivity index (χ1n) is 5.21. The smallest absolute Gasteiger partial charge is 0.259 e. The van der Waals surface area contributed by atoms with Crippen molar-refractivity contribution in [1.82, 2.24) is 0 Å². The maximum absolute atomic E-state index is 13.7. The number of hydrogen-bond donors (Lipinski definition) is 0. The van der Waals surface area contributed by atoms with Gasteiger partial charge in [-0.2, -0.15) is 0 Å². The highest BCUT2D eigenvalue weighted by atomic mass is 35.5. The first kappa shape index (κ1) is 19.9. The topological polar surface area (TPSA) is 40.6 Å². The van der Waals surface area contributed by atoms with E-state index in [-0.39, 0.29) is 21.6 Å². The van der Waals surface area contributed by atoms with E-state index in [1.165, 1.54) is 0 Å². The summed E-state index contributed by atoms with van der Waals surface area (Å²) in [6.07, 6.45) is 0. The van der Waals surface area contributed by atoms with Crippen LogP contribution in [-0.4, -0.2) is 18.8 Å². The Morgan fingerprint density at radius 1 is 0.818 bits per heavy atom. The predicted octanol–water partition coefficient (Wildman–Crippen LogP) is 6.30. The summed E-state index contributed by atoms with van der Waals surface area (Å²) in [4.78, 5) is 22.8. The van der Waals surface area contributed by atoms with E-state index in [0.717, 1.165) is 24.3 Å². The summed E-state index contributed by atoms with van der Waals surface area (Å²) in [7, 11) is 0. The lowest BCUT2D eigenvalue weighted by molar-refractivity contribution is 0.253. The number of halogens is 6. The maximum atomic E-state index is 13.7. The van der Waals surface area contributed by atoms with Gasteiger partial charge in [-0.25, -0.2) is 0 Å². The van der Waals surface area contributed by atoms with Crippen LogP contribution < -0.4 is 10.2 Å². The zero-order valence-electron chi connectivity index (χ0n) is 10.3. The standard InChI is InChI=1S/C10H6Cl4F2N2O2S2/c11-7(12)21-9(19)17(15)5-1-2-6(4-3-5)18(16)10(20)22-8(13)14/h1-4,7-8H. The fourth-order valence-electron chi connectivity index (χ4n) is 1.17. The molecule has 0 fully saturated rings. The summed E-state index contributed by atoms with van der Waals surface area (Å²) >= 11 is 22.1. The lowest BCUT2D eigenvalue weighted by Gasteiger charge is -2.14. The molecular weight excluding hydrogens is 424 g/mol. The van der Waals surface area contributed by atoms with Crippen molar-refractivity contribution < 1.29 is 18.6 Å². The van der Waals surface area contributed by atoms with E-state index in [1.54, 1.807) is 0 Å². The molecule has 0 radical (unpaired) electrons. The Balaban J connectivity index is 2.77. The Hall–Kier alpha value is -0.120. The number of alkyl halides is 4. The molecule has 0 heterocycles. The predicted molar refractivity (Wildman–Crippen MR) is 90.6 cm³/mol. The molecular formula is C10H6Cl4F2N2O2S2. The van der Waals surface area contributed by atoms with Crippen LogP contribution in [0.2, 0.25) is 0 Å². The molecule has 0 aliphatic carbocycles. The third-order valence-corrected chi connectivity index (χ3v) is 4.15. The third kappa shape index (κ3) is 6.17. The molecule has 0 bridgehead atoms. The number of carbonyl (C=O) groups is 2. The third-order valence-electron chi connectivity index (χ3n) is 2.00. The molecule has 12 heteroatoms. The van der Waals surface area contributed by atoms with E-state index in [0.29, 0.717) is 23.5 Å². The second kappa shape index (κ2) is 9.24. The van der Waals surface area contributed by atoms with Crippen LogP contribution in [0.25, 0.3) is 0 Å². The highest BCUT2D eigenvalue weighted by Crippen LogP contribution is 2.30. The van der Waals surface area contributed by atoms with Gasteiger partial charge in [-0.1, -0.05) is 55.4 Å². The Morgan fingerprint density at radius 3 is 1.32 bits per heavy atom. The summed E-state index contributed by atoms with van der Waals surface area (Å²) in [6, 6.07) is 4.37. The molecule has 0 aromatic heterocycles. The number of hydrogen-bond acceptors (Lipinski definition) is 4. The van der Waals surface area contributed by atoms with Gasteiger partial charge in [0, 0.05) is 0 Å². The van der Waals surface area contributed by atoms with Gasteiger partial charge in [0.25, 0.3) is 0 Å². The molecule has 122 valence electrons. The molecule has 22 heavy (non-hydrogen) atoms. The molecule has 1 aromatic carbocycles. The van der Waals surface area contributed by atoms with Gasteiger partial charge in [0.1, 0.15) is 0 Å². The van der Waals surface area contributed by atoms with E-state index in [1.807, 2.05) is 0 Å². The van der Waals surface area contributed by atoms with Crippen LogP contribution >= 0.6 is 69.9 Å². The van der Waals surface area contributed by atoms with Gasteiger partial charge in [0.05, 0.1) is 11.4 Å². The zero-order valence-corrected chi connectivity index (χ0v) is 14.9. The summed E-state index contributed by atoms with van der Waals surface area (Å²) in [5.74, 6) is 0. The minimum atomic E-state index is -1.12. The van der Waals surface area contributed by atoms with E-state index in [4.69, 9.17) is 46.4 Å². The Kier molecular flexibility index (Phi) is 8.37. The average molecular weight is 430 g/mol. The Bertz CT molecular complexity index is 489. The van der Waals surface area contributed by atoms with Gasteiger partial charge >= 0.3 is 10.5 Å². The molecule has 4 nitrogen and oxygen atoms in total. The van der Waals surface area contributed by atoms with Crippen LogP contribution in [0, 0.1) is 0 Å². The Labute approximate surface area is 152 Å². The van der Waals surface area contributed by atoms with Crippen molar-refractivity contribution >= 4 is 91.8 Å². The van der Waals surface area contributed by atoms with Crippen molar-refractivity contribution in [3.05, 3.63) is 24.3 Å². The number of carbonyl (C=O) groups excluding carboxylic acids is 2. The van der Waals surface area contributed by atoms with Crippen LogP contribution in [0.1, 0.15) is 0 Å². The van der Waals surface area contributed by atoms with Crippen LogP contribution in [0.15, 0.2) is 24.3 Å². The fourth-order valence-corrected chi connectivity index (χ4v) is 2.79. The van der Waals surface area contributed by atoms with Gasteiger partial charge in [-0.15, -0.1) is 10.2 Å². The number of thioether (sulfide) groups is 2. The molecule has 0 N–H and O–H groups in total. The lowest BCUT2D eigenvalue weighted by Crippen LogP contribution is -2.19. The molecule has 0 aliphatic heterocycles. The quantitative estimate of drug-likeness (QED) is 0.416. The van der Waals surface area contributed by atoms with Crippen LogP contribution in [-0.2, 0) is 0 Å². The molecule has 0 aliphatic rings. The van der Waals surface area contributed by atoms with Crippen molar-refractivity contribution in [2.75, 3.05) is 10.2 Å². The largest absolute Gasteiger partial charge is 0.316 e. The first-order valence-corrected chi connectivity index (χ1v) is 8.72. The minimum absolute atomic E-state index is 0.184. The number of amides is 2. The SMILES string of the molecule is O=C(SC(Cl)Cl)N(F)c1ccc(N(F)C(=O)SC(Cl)Cl)cc1. The molecule has 0 saturated heterocycles. The summed E-state index contributed by atoms with van der Waals surface area (Å²) in [6.45, 7) is 0. The van der Waals surface area contributed by atoms with Gasteiger partial charge < -0.3 is 0 Å². The maximum Gasteiger partial charge on any atom is 0.316 e. The molecule has 1 rings (SSSR count). The lowest BCUT2D eigenvalue weighted by atomic mass is 10.3. The highest BCUT2D eigenvalue weighted by molar-refractivity contribution is 8.16. The normalized spacial score (nSPS) is 10.9. The minimum Gasteiger partial charge on any atom is -0.259 e. The molecule has 1 aromatic rings. The first-order chi connectivity index (χ1) is 10.2. The molecule has 0 saturated carbocycles. The van der Waals surface area contributed by atoms with Crippen LogP contribution in [0.4, 0.5) is 29.9 Å². The molecule has 0 unspecified atom stereocenters. The van der Waals surface area contributed by atoms with Crippen molar-refractivity contribution in [3.63, 3.8) is 0 Å². The number of benzene rings is 1. The summed E-state index contributed by atoms with van der Waals surface area (Å²) < 4.78 is 25.1. The van der Waals surface area contributed by atoms with Gasteiger partial charge in [-0.05, 0) is 47.8 Å². The van der Waals surface area contributed by atoms with Crippen LogP contribution in [0.5, 0.6) is 0 Å². The van der Waals surface area contributed by atoms with E-state index < -0.39 is 18.8 Å². The molecule has 0 spiro atoms. The molecule has 2 amide bonds. The van der Waals surface area contributed by atoms with Crippen molar-refractivity contribution in [1.29, 1.82) is 0 Å². The summed E-state index contributed by atoms with van der Waals surface area (Å²) in [5.41, 5.74) is -0.368. The number of anilines is 2. The van der Waals surface area contributed by atoms with Crippen molar-refractivity contribution in [3.8, 4) is 0 Å². The number of rotatable bonds is 4. The van der Waals surface area contributed by atoms with Crippen molar-refractivity contribution in [2.24, 2.45) is 0 Å². The Morgan fingerprint density at radius 2 is 1.09 bits per heavy atom. The van der Waals surface area contributed by atoms with Crippen LogP contribution in [0.3, 0.4) is 0 Å². The average Bonchev–Trinajstić information content (AvgIpc) is 2.44. The molecule has 0 atom stereocenters. The number of nitrogens with zero attached hydrogens (tertiary/aromatic N) is 2. The fraction of sp³-hybridized carbons (Fsp3) is 0.200. The monoisotopic (exact) mass is 428 g/mol. The van der Waals surface area contributed by atoms with Crippen molar-refractivity contribution in [2.45, 2.75) is 8.34 Å². The second-order valence-corrected chi connectivity index (χ2v) is 8.71. The van der Waals surface area contributed by atoms with Gasteiger partial charge in [0.15, 0.2) is 8.34 Å². The van der Waals surface area contributed by atoms with E-state index in [9.17, 15) is 18.6 Å². The van der Waals surface area contributed by atoms with E-state index >= 15 is 0 Å². The van der Waals surface area contributed by atoms with Gasteiger partial charge in [-0.3, -0.25) is 9.59 Å². The zero-order chi connectivity index (χ0) is 16.9. The second-order valence-electron chi connectivity index (χ2n) is 3.37. The van der Waals surface area contributed by atoms with E-state index in [2.05, 4.69) is 0 Å². The summed E-state index contributed by atoms with van der Waals surface area (Å²) in [5, 5.41) is -2.50.